The maximum Gasteiger partial charge on any atom is 0.232 e. The Morgan fingerprint density at radius 1 is 1.78 bits per heavy atom. The van der Waals surface area contributed by atoms with E-state index in [0.717, 1.165) is 0 Å². The maximum atomic E-state index is 8.27. The predicted molar refractivity (Wildman–Crippen MR) is 31.0 cm³/mol. The highest BCUT2D eigenvalue weighted by Gasteiger charge is 2.05. The van der Waals surface area contributed by atoms with Gasteiger partial charge in [0.25, 0.3) is 0 Å². The minimum atomic E-state index is 0.0648. The van der Waals surface area contributed by atoms with Gasteiger partial charge in [-0.15, -0.1) is 0 Å². The zero-order valence-electron chi connectivity index (χ0n) is 4.68. The number of oxazole rings is 1. The van der Waals surface area contributed by atoms with E-state index in [4.69, 9.17) is 21.3 Å². The minimum Gasteiger partial charge on any atom is -0.428 e. The molecule has 0 bridgehead atoms. The Kier molecular flexibility index (Phi) is 1.41. The third-order valence-electron chi connectivity index (χ3n) is 0.799. The van der Waals surface area contributed by atoms with Crippen molar-refractivity contribution in [1.29, 1.82) is 5.26 Å². The topological polar surface area (TPSA) is 49.8 Å². The van der Waals surface area contributed by atoms with Crippen LogP contribution in [0.1, 0.15) is 11.6 Å². The maximum absolute atomic E-state index is 8.27. The quantitative estimate of drug-likeness (QED) is 0.552. The van der Waals surface area contributed by atoms with Crippen molar-refractivity contribution in [2.45, 2.75) is 6.92 Å². The number of aromatic nitrogens is 1. The summed E-state index contributed by atoms with van der Waals surface area (Å²) in [5.74, 6) is 0.413. The molecule has 0 aliphatic rings. The average Bonchev–Trinajstić information content (AvgIpc) is 2.10. The van der Waals surface area contributed by atoms with Crippen LogP contribution in [0.4, 0.5) is 0 Å². The molecule has 1 rings (SSSR count). The van der Waals surface area contributed by atoms with Crippen LogP contribution < -0.4 is 0 Å². The van der Waals surface area contributed by atoms with E-state index in [1.54, 1.807) is 13.0 Å². The van der Waals surface area contributed by atoms with Crippen LogP contribution in [0.15, 0.2) is 4.42 Å². The Labute approximate surface area is 56.9 Å². The van der Waals surface area contributed by atoms with Crippen LogP contribution in [-0.4, -0.2) is 4.98 Å². The van der Waals surface area contributed by atoms with Crippen LogP contribution in [-0.2, 0) is 0 Å². The van der Waals surface area contributed by atoms with Crippen LogP contribution in [0.5, 0.6) is 0 Å². The third kappa shape index (κ3) is 1.03. The molecule has 1 aromatic rings. The lowest BCUT2D eigenvalue weighted by molar-refractivity contribution is 0.523. The molecule has 0 atom stereocenters. The highest BCUT2D eigenvalue weighted by atomic mass is 35.5. The van der Waals surface area contributed by atoms with Crippen molar-refractivity contribution in [3.63, 3.8) is 0 Å². The van der Waals surface area contributed by atoms with Gasteiger partial charge in [0.15, 0.2) is 11.6 Å². The highest BCUT2D eigenvalue weighted by molar-refractivity contribution is 6.29. The molecule has 46 valence electrons. The Hall–Kier alpha value is -1.01. The molecule has 0 saturated heterocycles. The number of nitrogens with zero attached hydrogens (tertiary/aromatic N) is 2. The Morgan fingerprint density at radius 3 is 2.67 bits per heavy atom. The van der Waals surface area contributed by atoms with E-state index in [0.29, 0.717) is 5.89 Å². The van der Waals surface area contributed by atoms with Crippen molar-refractivity contribution in [2.24, 2.45) is 0 Å². The van der Waals surface area contributed by atoms with Crippen LogP contribution in [0.2, 0.25) is 5.22 Å². The first-order valence-electron chi connectivity index (χ1n) is 2.27. The van der Waals surface area contributed by atoms with Gasteiger partial charge in [-0.1, -0.05) is 0 Å². The summed E-state index contributed by atoms with van der Waals surface area (Å²) < 4.78 is 4.74. The van der Waals surface area contributed by atoms with Crippen molar-refractivity contribution in [2.75, 3.05) is 0 Å². The van der Waals surface area contributed by atoms with Crippen molar-refractivity contribution >= 4 is 11.6 Å². The van der Waals surface area contributed by atoms with Gasteiger partial charge in [0, 0.05) is 6.92 Å². The summed E-state index contributed by atoms with van der Waals surface area (Å²) in [6.45, 7) is 1.63. The van der Waals surface area contributed by atoms with Gasteiger partial charge in [0.2, 0.25) is 5.22 Å². The zero-order valence-corrected chi connectivity index (χ0v) is 5.44. The van der Waals surface area contributed by atoms with Crippen LogP contribution >= 0.6 is 11.6 Å². The molecular formula is C5H3ClN2O. The van der Waals surface area contributed by atoms with Gasteiger partial charge in [-0.2, -0.15) is 5.26 Å². The lowest BCUT2D eigenvalue weighted by Gasteiger charge is -1.72. The van der Waals surface area contributed by atoms with Gasteiger partial charge in [-0.25, -0.2) is 4.98 Å². The molecule has 0 spiro atoms. The first-order valence-corrected chi connectivity index (χ1v) is 2.65. The second-order valence-electron chi connectivity index (χ2n) is 1.47. The Bertz CT molecular complexity index is 260. The van der Waals surface area contributed by atoms with Crippen LogP contribution in [0.3, 0.4) is 0 Å². The number of aryl methyl sites for hydroxylation is 1. The van der Waals surface area contributed by atoms with E-state index >= 15 is 0 Å². The fraction of sp³-hybridized carbons (Fsp3) is 0.200. The van der Waals surface area contributed by atoms with Gasteiger partial charge < -0.3 is 4.42 Å². The molecule has 0 amide bonds. The first kappa shape index (κ1) is 6.12. The van der Waals surface area contributed by atoms with Crippen molar-refractivity contribution < 1.29 is 4.42 Å². The molecule has 9 heavy (non-hydrogen) atoms. The molecule has 1 aromatic heterocycles. The molecular weight excluding hydrogens is 140 g/mol. The van der Waals surface area contributed by atoms with E-state index in [1.165, 1.54) is 0 Å². The Balaban J connectivity index is 3.20. The summed E-state index contributed by atoms with van der Waals surface area (Å²) >= 11 is 5.39. The van der Waals surface area contributed by atoms with E-state index in [2.05, 4.69) is 4.98 Å². The molecule has 0 fully saturated rings. The molecule has 0 aromatic carbocycles. The summed E-state index contributed by atoms with van der Waals surface area (Å²) in [5.41, 5.74) is 0.147. The van der Waals surface area contributed by atoms with Gasteiger partial charge >= 0.3 is 0 Å². The largest absolute Gasteiger partial charge is 0.428 e. The van der Waals surface area contributed by atoms with Crippen molar-refractivity contribution in [3.05, 3.63) is 16.8 Å². The number of hydrogen-bond acceptors (Lipinski definition) is 3. The van der Waals surface area contributed by atoms with Gasteiger partial charge in [-0.3, -0.25) is 0 Å². The molecule has 1 heterocycles. The smallest absolute Gasteiger partial charge is 0.232 e. The van der Waals surface area contributed by atoms with Crippen LogP contribution in [0.25, 0.3) is 0 Å². The number of hydrogen-bond donors (Lipinski definition) is 0. The third-order valence-corrected chi connectivity index (χ3v) is 1.05. The van der Waals surface area contributed by atoms with Crippen LogP contribution in [0, 0.1) is 18.3 Å². The molecule has 3 nitrogen and oxygen atoms in total. The van der Waals surface area contributed by atoms with E-state index in [-0.39, 0.29) is 10.9 Å². The fourth-order valence-corrected chi connectivity index (χ4v) is 0.667. The molecule has 0 aliphatic heterocycles. The summed E-state index contributed by atoms with van der Waals surface area (Å²) in [5, 5.41) is 8.34. The number of nitriles is 1. The zero-order chi connectivity index (χ0) is 6.85. The standard InChI is InChI=1S/C5H3ClN2O/c1-3-8-4(2-7)5(6)9-3/h1H3. The number of halogens is 1. The monoisotopic (exact) mass is 142 g/mol. The predicted octanol–water partition coefficient (Wildman–Crippen LogP) is 1.51. The SMILES string of the molecule is Cc1nc(C#N)c(Cl)o1. The molecule has 4 heteroatoms. The summed E-state index contributed by atoms with van der Waals surface area (Å²) in [6.07, 6.45) is 0. The lowest BCUT2D eigenvalue weighted by Crippen LogP contribution is -1.71. The average molecular weight is 143 g/mol. The van der Waals surface area contributed by atoms with E-state index in [1.807, 2.05) is 0 Å². The molecule has 0 N–H and O–H groups in total. The highest BCUT2D eigenvalue weighted by Crippen LogP contribution is 2.14. The van der Waals surface area contributed by atoms with Gasteiger partial charge in [0.05, 0.1) is 0 Å². The summed E-state index contributed by atoms with van der Waals surface area (Å²) in [4.78, 5) is 3.67. The van der Waals surface area contributed by atoms with Crippen molar-refractivity contribution in [3.8, 4) is 6.07 Å². The molecule has 0 aliphatic carbocycles. The Morgan fingerprint density at radius 2 is 2.44 bits per heavy atom. The van der Waals surface area contributed by atoms with E-state index in [9.17, 15) is 0 Å². The molecule has 0 saturated carbocycles. The molecule has 0 radical (unpaired) electrons. The molecule has 0 unspecified atom stereocenters. The lowest BCUT2D eigenvalue weighted by atomic mass is 10.5. The fourth-order valence-electron chi connectivity index (χ4n) is 0.471. The van der Waals surface area contributed by atoms with Gasteiger partial charge in [0.1, 0.15) is 6.07 Å². The minimum absolute atomic E-state index is 0.0648. The summed E-state index contributed by atoms with van der Waals surface area (Å²) in [7, 11) is 0. The van der Waals surface area contributed by atoms with Crippen molar-refractivity contribution in [1.82, 2.24) is 4.98 Å². The second-order valence-corrected chi connectivity index (χ2v) is 1.81. The normalized spacial score (nSPS) is 9.00. The number of rotatable bonds is 0. The first-order chi connectivity index (χ1) is 4.24. The second kappa shape index (κ2) is 2.08. The van der Waals surface area contributed by atoms with E-state index < -0.39 is 0 Å². The summed E-state index contributed by atoms with van der Waals surface area (Å²) in [6, 6.07) is 1.78. The van der Waals surface area contributed by atoms with Gasteiger partial charge in [-0.05, 0) is 11.6 Å².